The molecule has 2 aliphatic rings. The first-order chi connectivity index (χ1) is 41.9. The highest BCUT2D eigenvalue weighted by atomic mass is 16.3. The molecule has 2 aliphatic heterocycles. The molecule has 86 heavy (non-hydrogen) atoms. The molecule has 0 saturated carbocycles. The molecule has 0 aliphatic carbocycles. The second-order valence-corrected chi connectivity index (χ2v) is 25.7. The van der Waals surface area contributed by atoms with Crippen LogP contribution in [0.1, 0.15) is 52.7 Å². The first-order valence-electron chi connectivity index (χ1n) is 30.1. The van der Waals surface area contributed by atoms with E-state index in [0.29, 0.717) is 0 Å². The lowest BCUT2D eigenvalue weighted by atomic mass is 9.33. The Kier molecular flexibility index (Phi) is 10.9. The van der Waals surface area contributed by atoms with E-state index in [2.05, 4.69) is 305 Å². The number of hydrogen-bond donors (Lipinski definition) is 1. The summed E-state index contributed by atoms with van der Waals surface area (Å²) in [6.45, 7) is 13.8. The van der Waals surface area contributed by atoms with Crippen LogP contribution in [0.25, 0.3) is 116 Å². The highest BCUT2D eigenvalue weighted by Crippen LogP contribution is 2.50. The molecule has 6 heteroatoms. The number of benzene rings is 12. The quantitative estimate of drug-likeness (QED) is 0.169. The van der Waals surface area contributed by atoms with Crippen LogP contribution in [0, 0.1) is 0 Å². The smallest absolute Gasteiger partial charge is 0.254 e. The average Bonchev–Trinajstić information content (AvgIpc) is 1.11. The van der Waals surface area contributed by atoms with E-state index in [9.17, 15) is 0 Å². The summed E-state index contributed by atoms with van der Waals surface area (Å²) in [6, 6.07) is 92.1. The Morgan fingerprint density at radius 2 is 0.953 bits per heavy atom. The Bertz CT molecular complexity index is 5210. The molecular formula is C80H60BN3O2. The fraction of sp³-hybridized carbons (Fsp3) is 0.100. The average molecular weight is 1110 g/mol. The zero-order valence-electron chi connectivity index (χ0n) is 49.0. The molecular weight excluding hydrogens is 1050 g/mol. The fourth-order valence-corrected chi connectivity index (χ4v) is 14.3. The maximum atomic E-state index is 6.87. The van der Waals surface area contributed by atoms with Crippen molar-refractivity contribution in [3.63, 3.8) is 0 Å². The summed E-state index contributed by atoms with van der Waals surface area (Å²) in [5.74, 6) is 0. The number of nitrogens with zero attached hydrogens (tertiary/aromatic N) is 2. The van der Waals surface area contributed by atoms with Gasteiger partial charge in [0.1, 0.15) is 22.3 Å². The second-order valence-electron chi connectivity index (χ2n) is 25.7. The van der Waals surface area contributed by atoms with Crippen LogP contribution in [0.4, 0.5) is 28.4 Å². The van der Waals surface area contributed by atoms with Gasteiger partial charge < -0.3 is 23.6 Å². The van der Waals surface area contributed by atoms with Gasteiger partial charge in [0.15, 0.2) is 0 Å². The predicted molar refractivity (Wildman–Crippen MR) is 364 cm³/mol. The number of nitrogens with one attached hydrogen (secondary N) is 1. The standard InChI is InChI=1S/C80H60BN3O2/c1-79(2,3)54-41-52(42-55(47-54)80(4,5)6)58-36-38-67-76(78(58)84-66-32-18-13-26-59(66)60-37-39-72-74(77(60)84)62-28-15-20-34-70(62)86-72)81-63-30-16-17-31-64(63)82-65-45-53(57-29-21-35-71-73(57)61-27-14-19-33-69(61)85-71)46-68(75(65)81)83(67)56-43-50(48-22-9-7-10-23-48)40-51(44-56)49-24-11-8-12-25-49/h7-47,82H,1-6H3. The minimum absolute atomic E-state index is 0.136. The second kappa shape index (κ2) is 18.6. The molecule has 5 heterocycles. The summed E-state index contributed by atoms with van der Waals surface area (Å²) in [4.78, 5) is 2.60. The third kappa shape index (κ3) is 7.65. The molecule has 5 nitrogen and oxygen atoms in total. The molecule has 0 bridgehead atoms. The van der Waals surface area contributed by atoms with Crippen molar-refractivity contribution in [1.82, 2.24) is 4.57 Å². The normalized spacial score (nSPS) is 13.0. The zero-order chi connectivity index (χ0) is 57.7. The fourth-order valence-electron chi connectivity index (χ4n) is 14.3. The van der Waals surface area contributed by atoms with Crippen molar-refractivity contribution in [2.45, 2.75) is 52.4 Å². The number of anilines is 5. The summed E-state index contributed by atoms with van der Waals surface area (Å²) in [5.41, 5.74) is 27.4. The van der Waals surface area contributed by atoms with Gasteiger partial charge in [0.2, 0.25) is 0 Å². The molecule has 0 radical (unpaired) electrons. The van der Waals surface area contributed by atoms with E-state index in [1.807, 2.05) is 0 Å². The maximum absolute atomic E-state index is 6.87. The molecule has 0 atom stereocenters. The minimum atomic E-state index is -0.242. The molecule has 0 saturated heterocycles. The van der Waals surface area contributed by atoms with Crippen LogP contribution in [0.2, 0.25) is 0 Å². The zero-order valence-corrected chi connectivity index (χ0v) is 49.0. The lowest BCUT2D eigenvalue weighted by molar-refractivity contribution is 0.569. The summed E-state index contributed by atoms with van der Waals surface area (Å²) in [6.07, 6.45) is 0. The van der Waals surface area contributed by atoms with E-state index in [1.54, 1.807) is 0 Å². The Hall–Kier alpha value is -10.3. The van der Waals surface area contributed by atoms with Gasteiger partial charge in [-0.25, -0.2) is 0 Å². The molecule has 0 unspecified atom stereocenters. The van der Waals surface area contributed by atoms with E-state index in [1.165, 1.54) is 43.9 Å². The van der Waals surface area contributed by atoms with Gasteiger partial charge in [0.25, 0.3) is 6.71 Å². The van der Waals surface area contributed by atoms with E-state index in [0.717, 1.165) is 128 Å². The molecule has 3 aromatic heterocycles. The number of furan rings is 2. The maximum Gasteiger partial charge on any atom is 0.254 e. The Morgan fingerprint density at radius 3 is 1.64 bits per heavy atom. The highest BCUT2D eigenvalue weighted by Gasteiger charge is 2.44. The monoisotopic (exact) mass is 1110 g/mol. The first-order valence-corrected chi connectivity index (χ1v) is 30.1. The SMILES string of the molecule is CC(C)(C)c1cc(-c2ccc3c(c2-n2c4ccccc4c4ccc5oc6ccccc6c5c42)B2c4ccccc4Nc4cc(-c5cccc6oc7ccccc7c56)cc(c42)N3c2cc(-c3ccccc3)cc(-c3ccccc3)c2)cc(C(C)(C)C)c1. The third-order valence-electron chi connectivity index (χ3n) is 18.4. The van der Waals surface area contributed by atoms with Crippen LogP contribution in [0.5, 0.6) is 0 Å². The van der Waals surface area contributed by atoms with Crippen LogP contribution in [0.3, 0.4) is 0 Å². The van der Waals surface area contributed by atoms with E-state index in [-0.39, 0.29) is 17.5 Å². The van der Waals surface area contributed by atoms with Crippen molar-refractivity contribution in [2.24, 2.45) is 0 Å². The third-order valence-corrected chi connectivity index (χ3v) is 18.4. The van der Waals surface area contributed by atoms with Crippen molar-refractivity contribution < 1.29 is 8.83 Å². The summed E-state index contributed by atoms with van der Waals surface area (Å²) >= 11 is 0. The van der Waals surface area contributed by atoms with Crippen LogP contribution in [0.15, 0.2) is 258 Å². The Labute approximate surface area is 500 Å². The number of hydrogen-bond acceptors (Lipinski definition) is 4. The molecule has 1 N–H and O–H groups in total. The summed E-state index contributed by atoms with van der Waals surface area (Å²) < 4.78 is 16.1. The van der Waals surface area contributed by atoms with Crippen molar-refractivity contribution in [2.75, 3.05) is 10.2 Å². The van der Waals surface area contributed by atoms with E-state index < -0.39 is 0 Å². The molecule has 0 spiro atoms. The molecule has 12 aromatic carbocycles. The van der Waals surface area contributed by atoms with Crippen molar-refractivity contribution in [1.29, 1.82) is 0 Å². The molecule has 15 aromatic rings. The van der Waals surface area contributed by atoms with Crippen LogP contribution in [-0.4, -0.2) is 11.3 Å². The summed E-state index contributed by atoms with van der Waals surface area (Å²) in [7, 11) is 0. The molecule has 17 rings (SSSR count). The number of fused-ring (bicyclic) bond motifs is 14. The first kappa shape index (κ1) is 50.2. The summed E-state index contributed by atoms with van der Waals surface area (Å²) in [5, 5.41) is 10.9. The lowest BCUT2D eigenvalue weighted by Crippen LogP contribution is -2.61. The lowest BCUT2D eigenvalue weighted by Gasteiger charge is -2.42. The van der Waals surface area contributed by atoms with Gasteiger partial charge in [-0.1, -0.05) is 211 Å². The molecule has 410 valence electrons. The van der Waals surface area contributed by atoms with Crippen LogP contribution in [-0.2, 0) is 10.8 Å². The van der Waals surface area contributed by atoms with Crippen molar-refractivity contribution in [3.8, 4) is 50.2 Å². The van der Waals surface area contributed by atoms with Crippen molar-refractivity contribution in [3.05, 3.63) is 260 Å². The topological polar surface area (TPSA) is 46.5 Å². The predicted octanol–water partition coefficient (Wildman–Crippen LogP) is 20.2. The number of para-hydroxylation sites is 4. The van der Waals surface area contributed by atoms with Gasteiger partial charge in [-0.3, -0.25) is 0 Å². The van der Waals surface area contributed by atoms with Gasteiger partial charge in [-0.05, 0) is 156 Å². The minimum Gasteiger partial charge on any atom is -0.456 e. The van der Waals surface area contributed by atoms with Crippen molar-refractivity contribution >= 4 is 117 Å². The van der Waals surface area contributed by atoms with Gasteiger partial charge in [-0.15, -0.1) is 0 Å². The van der Waals surface area contributed by atoms with E-state index in [4.69, 9.17) is 8.83 Å². The number of aromatic nitrogens is 1. The highest BCUT2D eigenvalue weighted by molar-refractivity contribution is 7.01. The van der Waals surface area contributed by atoms with Gasteiger partial charge in [0.05, 0.1) is 22.1 Å². The molecule has 0 amide bonds. The van der Waals surface area contributed by atoms with Crippen LogP contribution < -0.4 is 26.6 Å². The van der Waals surface area contributed by atoms with Gasteiger partial charge in [-0.2, -0.15) is 0 Å². The van der Waals surface area contributed by atoms with Gasteiger partial charge >= 0.3 is 0 Å². The Morgan fingerprint density at radius 1 is 0.372 bits per heavy atom. The van der Waals surface area contributed by atoms with E-state index >= 15 is 0 Å². The van der Waals surface area contributed by atoms with Crippen LogP contribution >= 0.6 is 0 Å². The largest absolute Gasteiger partial charge is 0.456 e. The number of rotatable bonds is 6. The van der Waals surface area contributed by atoms with Gasteiger partial charge in [0, 0.05) is 60.9 Å². The Balaban J connectivity index is 1.08. The molecule has 0 fully saturated rings.